The summed E-state index contributed by atoms with van der Waals surface area (Å²) in [5.41, 5.74) is 14.1. The Bertz CT molecular complexity index is 1980. The number of hydrogen-bond acceptors (Lipinski definition) is 3. The van der Waals surface area contributed by atoms with E-state index in [1.54, 1.807) is 13.2 Å². The van der Waals surface area contributed by atoms with Gasteiger partial charge in [0.2, 0.25) is 0 Å². The van der Waals surface area contributed by atoms with E-state index in [0.29, 0.717) is 16.5 Å². The first-order valence-electron chi connectivity index (χ1n) is 13.7. The molecule has 6 aromatic rings. The summed E-state index contributed by atoms with van der Waals surface area (Å²) in [6, 6.07) is 37.3. The van der Waals surface area contributed by atoms with E-state index in [2.05, 4.69) is 104 Å². The van der Waals surface area contributed by atoms with Gasteiger partial charge in [0, 0.05) is 17.3 Å². The molecule has 3 heteroatoms. The summed E-state index contributed by atoms with van der Waals surface area (Å²) in [5, 5.41) is 0.601. The molecule has 0 saturated heterocycles. The van der Waals surface area contributed by atoms with Crippen molar-refractivity contribution < 1.29 is 4.42 Å². The first-order valence-corrected chi connectivity index (χ1v) is 13.7. The topological polar surface area (TPSA) is 33.5 Å². The molecule has 0 radical (unpaired) electrons. The first-order chi connectivity index (χ1) is 19.5. The van der Waals surface area contributed by atoms with Gasteiger partial charge in [-0.1, -0.05) is 83.9 Å². The van der Waals surface area contributed by atoms with Crippen LogP contribution in [0.15, 0.2) is 119 Å². The van der Waals surface area contributed by atoms with Crippen molar-refractivity contribution in [2.45, 2.75) is 26.2 Å². The van der Waals surface area contributed by atoms with Crippen LogP contribution in [0.2, 0.25) is 0 Å². The van der Waals surface area contributed by atoms with Crippen molar-refractivity contribution >= 4 is 28.0 Å². The number of hydrogen-bond donors (Lipinski definition) is 0. The van der Waals surface area contributed by atoms with E-state index in [1.807, 2.05) is 18.2 Å². The molecule has 3 nitrogen and oxygen atoms in total. The van der Waals surface area contributed by atoms with Gasteiger partial charge >= 0.3 is 0 Å². The van der Waals surface area contributed by atoms with Crippen molar-refractivity contribution in [2.75, 3.05) is 4.90 Å². The van der Waals surface area contributed by atoms with Gasteiger partial charge in [0.25, 0.3) is 0 Å². The van der Waals surface area contributed by atoms with E-state index in [4.69, 9.17) is 4.42 Å². The summed E-state index contributed by atoms with van der Waals surface area (Å²) in [7, 11) is 0. The molecule has 1 aliphatic carbocycles. The maximum Gasteiger partial charge on any atom is 0.195 e. The Hall–Kier alpha value is -4.89. The normalized spacial score (nSPS) is 14.1. The molecule has 1 aliphatic heterocycles. The smallest absolute Gasteiger partial charge is 0.195 e. The number of nitrogens with zero attached hydrogens (tertiary/aromatic N) is 1. The van der Waals surface area contributed by atoms with Gasteiger partial charge in [-0.3, -0.25) is 4.79 Å². The lowest BCUT2D eigenvalue weighted by Crippen LogP contribution is -2.36. The quantitative estimate of drug-likeness (QED) is 0.218. The fourth-order valence-electron chi connectivity index (χ4n) is 7.01. The fourth-order valence-corrected chi connectivity index (χ4v) is 7.01. The number of rotatable bonds is 1. The molecule has 2 heterocycles. The molecule has 40 heavy (non-hydrogen) atoms. The average molecular weight is 518 g/mol. The molecule has 0 fully saturated rings. The predicted molar refractivity (Wildman–Crippen MR) is 162 cm³/mol. The van der Waals surface area contributed by atoms with E-state index in [9.17, 15) is 4.79 Å². The van der Waals surface area contributed by atoms with Gasteiger partial charge in [-0.15, -0.1) is 0 Å². The van der Waals surface area contributed by atoms with Crippen molar-refractivity contribution in [1.29, 1.82) is 0 Å². The van der Waals surface area contributed by atoms with Gasteiger partial charge in [-0.2, -0.15) is 0 Å². The Balaban J connectivity index is 1.51. The molecule has 0 unspecified atom stereocenters. The molecule has 1 spiro atoms. The van der Waals surface area contributed by atoms with Crippen molar-refractivity contribution in [3.05, 3.63) is 159 Å². The van der Waals surface area contributed by atoms with Crippen molar-refractivity contribution in [3.8, 4) is 11.1 Å². The van der Waals surface area contributed by atoms with Crippen molar-refractivity contribution in [2.24, 2.45) is 0 Å². The fraction of sp³-hybridized carbons (Fsp3) is 0.108. The van der Waals surface area contributed by atoms with Crippen molar-refractivity contribution in [3.63, 3.8) is 0 Å². The predicted octanol–water partition coefficient (Wildman–Crippen LogP) is 8.86. The number of benzene rings is 5. The molecule has 0 bridgehead atoms. The SMILES string of the molecule is Cc1ccc2c(c1)C1(c3ccccc3-c3ccccc31)c1cc(C)ccc1N2c1ccc2c(=O)c(C)coc2c1. The summed E-state index contributed by atoms with van der Waals surface area (Å²) >= 11 is 0. The number of fused-ring (bicyclic) bond motifs is 10. The summed E-state index contributed by atoms with van der Waals surface area (Å²) < 4.78 is 5.93. The van der Waals surface area contributed by atoms with Crippen LogP contribution in [0.25, 0.3) is 22.1 Å². The average Bonchev–Trinajstić information content (AvgIpc) is 3.27. The van der Waals surface area contributed by atoms with Gasteiger partial charge in [0.15, 0.2) is 5.43 Å². The van der Waals surface area contributed by atoms with Crippen LogP contribution < -0.4 is 10.3 Å². The summed E-state index contributed by atoms with van der Waals surface area (Å²) in [6.45, 7) is 6.13. The second kappa shape index (κ2) is 8.06. The molecule has 5 aromatic carbocycles. The highest BCUT2D eigenvalue weighted by atomic mass is 16.3. The molecule has 192 valence electrons. The van der Waals surface area contributed by atoms with Crippen LogP contribution in [-0.2, 0) is 5.41 Å². The monoisotopic (exact) mass is 517 g/mol. The van der Waals surface area contributed by atoms with Gasteiger partial charge in [-0.05, 0) is 78.4 Å². The van der Waals surface area contributed by atoms with Gasteiger partial charge in [0.1, 0.15) is 5.58 Å². The summed E-state index contributed by atoms with van der Waals surface area (Å²) in [4.78, 5) is 15.1. The van der Waals surface area contributed by atoms with Crippen LogP contribution >= 0.6 is 0 Å². The third-order valence-corrected chi connectivity index (χ3v) is 8.74. The Kier molecular flexibility index (Phi) is 4.64. The second-order valence-corrected chi connectivity index (χ2v) is 11.1. The largest absolute Gasteiger partial charge is 0.464 e. The Morgan fingerprint density at radius 3 is 1.80 bits per heavy atom. The van der Waals surface area contributed by atoms with Crippen LogP contribution in [0.4, 0.5) is 17.1 Å². The van der Waals surface area contributed by atoms with Crippen molar-refractivity contribution in [1.82, 2.24) is 0 Å². The highest BCUT2D eigenvalue weighted by Crippen LogP contribution is 2.63. The zero-order chi connectivity index (χ0) is 27.2. The standard InChI is InChI=1S/C37H27NO2/c1-22-12-16-33-31(18-22)37(29-10-6-4-8-26(29)27-9-5-7-11-30(27)37)32-19-23(2)13-17-34(32)38(33)25-14-15-28-35(20-25)40-21-24(3)36(28)39/h4-21H,1-3H3. The Morgan fingerprint density at radius 1 is 0.625 bits per heavy atom. The van der Waals surface area contributed by atoms with Gasteiger partial charge in [-0.25, -0.2) is 0 Å². The van der Waals surface area contributed by atoms with Crippen LogP contribution in [0.5, 0.6) is 0 Å². The van der Waals surface area contributed by atoms with Crippen LogP contribution in [0, 0.1) is 20.8 Å². The molecule has 0 N–H and O–H groups in total. The lowest BCUT2D eigenvalue weighted by molar-refractivity contribution is 0.597. The molecule has 0 amide bonds. The Labute approximate surface area is 233 Å². The van der Waals surface area contributed by atoms with Gasteiger partial charge in [0.05, 0.1) is 28.4 Å². The summed E-state index contributed by atoms with van der Waals surface area (Å²) in [5.74, 6) is 0. The third kappa shape index (κ3) is 2.87. The maximum absolute atomic E-state index is 12.8. The van der Waals surface area contributed by atoms with E-state index >= 15 is 0 Å². The van der Waals surface area contributed by atoms with Gasteiger partial charge < -0.3 is 9.32 Å². The molecule has 1 aromatic heterocycles. The first kappa shape index (κ1) is 23.0. The molecule has 0 atom stereocenters. The van der Waals surface area contributed by atoms with E-state index in [0.717, 1.165) is 17.1 Å². The minimum Gasteiger partial charge on any atom is -0.464 e. The molecule has 2 aliphatic rings. The maximum atomic E-state index is 12.8. The lowest BCUT2D eigenvalue weighted by atomic mass is 9.64. The molecule has 0 saturated carbocycles. The highest BCUT2D eigenvalue weighted by Gasteiger charge is 2.51. The second-order valence-electron chi connectivity index (χ2n) is 11.1. The summed E-state index contributed by atoms with van der Waals surface area (Å²) in [6.07, 6.45) is 1.56. The zero-order valence-electron chi connectivity index (χ0n) is 22.7. The highest BCUT2D eigenvalue weighted by molar-refractivity contribution is 5.97. The number of anilines is 3. The van der Waals surface area contributed by atoms with Crippen LogP contribution in [-0.4, -0.2) is 0 Å². The zero-order valence-corrected chi connectivity index (χ0v) is 22.7. The van der Waals surface area contributed by atoms with Crippen LogP contribution in [0.1, 0.15) is 38.9 Å². The third-order valence-electron chi connectivity index (χ3n) is 8.74. The van der Waals surface area contributed by atoms with E-state index in [1.165, 1.54) is 44.5 Å². The molecular weight excluding hydrogens is 490 g/mol. The minimum absolute atomic E-state index is 0.0108. The molecular formula is C37H27NO2. The molecule has 8 rings (SSSR count). The van der Waals surface area contributed by atoms with Crippen LogP contribution in [0.3, 0.4) is 0 Å². The van der Waals surface area contributed by atoms with E-state index < -0.39 is 5.41 Å². The lowest BCUT2D eigenvalue weighted by Gasteiger charge is -2.45. The Morgan fingerprint density at radius 2 is 1.20 bits per heavy atom. The van der Waals surface area contributed by atoms with E-state index in [-0.39, 0.29) is 5.43 Å². The number of aryl methyl sites for hydroxylation is 3. The minimum atomic E-state index is -0.451.